The lowest BCUT2D eigenvalue weighted by Gasteiger charge is -2.40. The first-order chi connectivity index (χ1) is 14.9. The number of rotatable bonds is 3. The number of amides is 2. The van der Waals surface area contributed by atoms with E-state index in [4.69, 9.17) is 4.52 Å². The van der Waals surface area contributed by atoms with E-state index in [9.17, 15) is 19.1 Å². The summed E-state index contributed by atoms with van der Waals surface area (Å²) in [6.45, 7) is 5.22. The molecule has 2 saturated heterocycles. The van der Waals surface area contributed by atoms with Gasteiger partial charge in [0.15, 0.2) is 0 Å². The van der Waals surface area contributed by atoms with Gasteiger partial charge in [-0.15, -0.1) is 0 Å². The average molecular weight is 430 g/mol. The van der Waals surface area contributed by atoms with Crippen LogP contribution in [0.15, 0.2) is 34.9 Å². The van der Waals surface area contributed by atoms with Gasteiger partial charge in [0.05, 0.1) is 6.10 Å². The van der Waals surface area contributed by atoms with Crippen LogP contribution in [0.5, 0.6) is 0 Å². The number of aliphatic hydroxyl groups excluding tert-OH is 1. The van der Waals surface area contributed by atoms with Gasteiger partial charge in [-0.3, -0.25) is 14.5 Å². The number of hydrogen-bond donors (Lipinski definition) is 1. The van der Waals surface area contributed by atoms with Crippen LogP contribution in [0, 0.1) is 5.82 Å². The highest BCUT2D eigenvalue weighted by atomic mass is 19.1. The van der Waals surface area contributed by atoms with Crippen LogP contribution in [0.4, 0.5) is 4.39 Å². The van der Waals surface area contributed by atoms with Crippen molar-refractivity contribution in [2.45, 2.75) is 31.9 Å². The number of likely N-dealkylation sites (tertiary alicyclic amines) is 1. The molecule has 0 radical (unpaired) electrons. The first kappa shape index (κ1) is 21.5. The fraction of sp³-hybridized carbons (Fsp3) is 0.500. The van der Waals surface area contributed by atoms with Gasteiger partial charge in [0.1, 0.15) is 11.5 Å². The Morgan fingerprint density at radius 2 is 1.81 bits per heavy atom. The molecule has 31 heavy (non-hydrogen) atoms. The smallest absolute Gasteiger partial charge is 0.292 e. The molecule has 8 nitrogen and oxygen atoms in total. The summed E-state index contributed by atoms with van der Waals surface area (Å²) in [4.78, 5) is 30.2. The number of nitrogens with zero attached hydrogens (tertiary/aromatic N) is 4. The fourth-order valence-corrected chi connectivity index (χ4v) is 4.39. The van der Waals surface area contributed by atoms with Crippen molar-refractivity contribution in [1.82, 2.24) is 19.9 Å². The van der Waals surface area contributed by atoms with Gasteiger partial charge in [-0.25, -0.2) is 4.39 Å². The van der Waals surface area contributed by atoms with E-state index in [1.807, 2.05) is 4.90 Å². The van der Waals surface area contributed by atoms with E-state index in [2.05, 4.69) is 10.1 Å². The van der Waals surface area contributed by atoms with E-state index in [-0.39, 0.29) is 29.4 Å². The fourth-order valence-electron chi connectivity index (χ4n) is 4.39. The van der Waals surface area contributed by atoms with Crippen LogP contribution in [0.3, 0.4) is 0 Å². The lowest BCUT2D eigenvalue weighted by molar-refractivity contribution is -0.131. The molecule has 2 fully saturated rings. The molecule has 0 saturated carbocycles. The molecule has 2 aliphatic rings. The molecule has 2 amide bonds. The minimum Gasteiger partial charge on any atom is -0.391 e. The van der Waals surface area contributed by atoms with E-state index >= 15 is 0 Å². The van der Waals surface area contributed by atoms with Crippen molar-refractivity contribution in [2.24, 2.45) is 0 Å². The van der Waals surface area contributed by atoms with Gasteiger partial charge in [-0.05, 0) is 25.0 Å². The molecule has 0 bridgehead atoms. The molecule has 3 heterocycles. The second-order valence-corrected chi connectivity index (χ2v) is 8.13. The molecule has 2 aromatic rings. The quantitative estimate of drug-likeness (QED) is 0.796. The van der Waals surface area contributed by atoms with Crippen molar-refractivity contribution in [3.8, 4) is 11.3 Å². The Morgan fingerprint density at radius 3 is 2.52 bits per heavy atom. The highest BCUT2D eigenvalue weighted by molar-refractivity contribution is 5.92. The number of aliphatic hydroxyl groups is 1. The number of benzene rings is 1. The van der Waals surface area contributed by atoms with Crippen molar-refractivity contribution < 1.29 is 23.6 Å². The number of carbonyl (C=O) groups is 2. The predicted octanol–water partition coefficient (Wildman–Crippen LogP) is 1.61. The molecular formula is C22H27FN4O4. The highest BCUT2D eigenvalue weighted by Gasteiger charge is 2.34. The minimum absolute atomic E-state index is 0.0514. The molecule has 0 unspecified atom stereocenters. The lowest BCUT2D eigenvalue weighted by Crippen LogP contribution is -2.54. The van der Waals surface area contributed by atoms with Crippen LogP contribution in [0.25, 0.3) is 11.3 Å². The van der Waals surface area contributed by atoms with Crippen molar-refractivity contribution in [2.75, 3.05) is 39.3 Å². The number of piperazine rings is 1. The van der Waals surface area contributed by atoms with Gasteiger partial charge in [-0.1, -0.05) is 17.3 Å². The predicted molar refractivity (Wildman–Crippen MR) is 111 cm³/mol. The maximum atomic E-state index is 13.5. The third-order valence-corrected chi connectivity index (χ3v) is 6.19. The maximum Gasteiger partial charge on any atom is 0.292 e. The summed E-state index contributed by atoms with van der Waals surface area (Å²) in [7, 11) is 0. The van der Waals surface area contributed by atoms with Crippen LogP contribution in [0.2, 0.25) is 0 Å². The SMILES string of the molecule is CC(=O)N1CCN([C@H]2CCN(C(=O)c3cc(-c4cccc(F)c4)no3)CC[C@@H]2O)CC1. The summed E-state index contributed by atoms with van der Waals surface area (Å²) in [6, 6.07) is 7.43. The summed E-state index contributed by atoms with van der Waals surface area (Å²) in [5, 5.41) is 14.6. The van der Waals surface area contributed by atoms with Crippen molar-refractivity contribution in [3.05, 3.63) is 41.9 Å². The summed E-state index contributed by atoms with van der Waals surface area (Å²) >= 11 is 0. The first-order valence-corrected chi connectivity index (χ1v) is 10.6. The number of hydrogen-bond acceptors (Lipinski definition) is 6. The zero-order valence-corrected chi connectivity index (χ0v) is 17.5. The molecule has 1 aromatic carbocycles. The first-order valence-electron chi connectivity index (χ1n) is 10.6. The summed E-state index contributed by atoms with van der Waals surface area (Å²) in [6.07, 6.45) is 0.561. The monoisotopic (exact) mass is 430 g/mol. The van der Waals surface area contributed by atoms with Gasteiger partial charge < -0.3 is 19.4 Å². The zero-order valence-electron chi connectivity index (χ0n) is 17.5. The Kier molecular flexibility index (Phi) is 6.33. The Labute approximate surface area is 180 Å². The zero-order chi connectivity index (χ0) is 22.0. The van der Waals surface area contributed by atoms with Crippen LogP contribution >= 0.6 is 0 Å². The number of carbonyl (C=O) groups excluding carboxylic acids is 2. The highest BCUT2D eigenvalue weighted by Crippen LogP contribution is 2.23. The lowest BCUT2D eigenvalue weighted by atomic mass is 10.0. The summed E-state index contributed by atoms with van der Waals surface area (Å²) in [5.41, 5.74) is 0.942. The van der Waals surface area contributed by atoms with Crippen molar-refractivity contribution in [3.63, 3.8) is 0 Å². The van der Waals surface area contributed by atoms with E-state index < -0.39 is 6.10 Å². The van der Waals surface area contributed by atoms with Crippen LogP contribution < -0.4 is 0 Å². The van der Waals surface area contributed by atoms with Crippen LogP contribution in [0.1, 0.15) is 30.3 Å². The Hall–Kier alpha value is -2.78. The Morgan fingerprint density at radius 1 is 1.06 bits per heavy atom. The molecule has 1 aromatic heterocycles. The molecule has 2 atom stereocenters. The topological polar surface area (TPSA) is 90.1 Å². The molecule has 2 aliphatic heterocycles. The summed E-state index contributed by atoms with van der Waals surface area (Å²) < 4.78 is 18.7. The molecular weight excluding hydrogens is 403 g/mol. The third kappa shape index (κ3) is 4.77. The molecule has 9 heteroatoms. The van der Waals surface area contributed by atoms with Gasteiger partial charge in [-0.2, -0.15) is 0 Å². The van der Waals surface area contributed by atoms with E-state index in [1.54, 1.807) is 24.0 Å². The standard InChI is InChI=1S/C22H27FN4O4/c1-15(28)25-9-11-26(12-10-25)19-5-7-27(8-6-20(19)29)22(30)21-14-18(24-31-21)16-3-2-4-17(23)13-16/h2-4,13-14,19-20,29H,5-12H2,1H3/t19-,20-/m0/s1. The van der Waals surface area contributed by atoms with Gasteiger partial charge in [0.2, 0.25) is 11.7 Å². The second kappa shape index (κ2) is 9.15. The van der Waals surface area contributed by atoms with Gasteiger partial charge in [0.25, 0.3) is 5.91 Å². The normalized spacial score (nSPS) is 22.9. The van der Waals surface area contributed by atoms with E-state index in [1.165, 1.54) is 18.2 Å². The molecule has 4 rings (SSSR count). The van der Waals surface area contributed by atoms with Crippen LogP contribution in [-0.4, -0.2) is 88.2 Å². The second-order valence-electron chi connectivity index (χ2n) is 8.13. The Bertz CT molecular complexity index is 941. The van der Waals surface area contributed by atoms with Gasteiger partial charge in [0, 0.05) is 63.9 Å². The summed E-state index contributed by atoms with van der Waals surface area (Å²) in [5.74, 6) is -0.501. The van der Waals surface area contributed by atoms with Crippen molar-refractivity contribution >= 4 is 11.8 Å². The Balaban J connectivity index is 1.39. The molecule has 166 valence electrons. The molecule has 0 aliphatic carbocycles. The minimum atomic E-state index is -0.542. The largest absolute Gasteiger partial charge is 0.391 e. The number of aromatic nitrogens is 1. The molecule has 0 spiro atoms. The van der Waals surface area contributed by atoms with E-state index in [0.717, 1.165) is 0 Å². The average Bonchev–Trinajstić information content (AvgIpc) is 3.18. The maximum absolute atomic E-state index is 13.5. The molecule has 1 N–H and O–H groups in total. The third-order valence-electron chi connectivity index (χ3n) is 6.19. The van der Waals surface area contributed by atoms with E-state index in [0.29, 0.717) is 63.4 Å². The van der Waals surface area contributed by atoms with Crippen molar-refractivity contribution in [1.29, 1.82) is 0 Å². The number of halogens is 1. The van der Waals surface area contributed by atoms with Gasteiger partial charge >= 0.3 is 0 Å². The van der Waals surface area contributed by atoms with Crippen LogP contribution in [-0.2, 0) is 4.79 Å².